The maximum absolute atomic E-state index is 11.8. The van der Waals surface area contributed by atoms with Gasteiger partial charge in [-0.1, -0.05) is 23.4 Å². The van der Waals surface area contributed by atoms with E-state index in [1.54, 1.807) is 37.3 Å². The number of carbonyl (C=O) groups is 2. The molecule has 30 heavy (non-hydrogen) atoms. The molecule has 0 radical (unpaired) electrons. The first-order chi connectivity index (χ1) is 14.4. The molecule has 1 aliphatic rings. The molecule has 2 aromatic rings. The quantitative estimate of drug-likeness (QED) is 0.404. The average Bonchev–Trinajstić information content (AvgIpc) is 3.05. The van der Waals surface area contributed by atoms with Crippen LogP contribution in [0.1, 0.15) is 34.0 Å². The van der Waals surface area contributed by atoms with Crippen molar-refractivity contribution >= 4 is 23.7 Å². The second kappa shape index (κ2) is 9.09. The molecular weight excluding hydrogens is 386 g/mol. The number of hydrogen-bond donors (Lipinski definition) is 1. The molecule has 2 aromatic carbocycles. The summed E-state index contributed by atoms with van der Waals surface area (Å²) in [6, 6.07) is 10.1. The van der Waals surface area contributed by atoms with Gasteiger partial charge < -0.3 is 19.4 Å². The number of rotatable bonds is 8. The molecule has 3 rings (SSSR count). The van der Waals surface area contributed by atoms with Gasteiger partial charge in [0.05, 0.1) is 24.0 Å². The third-order valence-electron chi connectivity index (χ3n) is 4.51. The normalized spacial score (nSPS) is 14.3. The molecule has 0 saturated heterocycles. The van der Waals surface area contributed by atoms with E-state index < -0.39 is 11.9 Å². The van der Waals surface area contributed by atoms with Gasteiger partial charge in [0.15, 0.2) is 11.5 Å². The number of methoxy groups -OCH3 is 1. The zero-order valence-electron chi connectivity index (χ0n) is 16.7. The molecule has 0 aliphatic carbocycles. The summed E-state index contributed by atoms with van der Waals surface area (Å²) in [5.41, 5.74) is 3.50. The van der Waals surface area contributed by atoms with E-state index in [1.165, 1.54) is 19.2 Å². The van der Waals surface area contributed by atoms with Crippen molar-refractivity contribution in [3.63, 3.8) is 0 Å². The highest BCUT2D eigenvalue weighted by molar-refractivity contribution is 6.24. The van der Waals surface area contributed by atoms with Gasteiger partial charge in [-0.2, -0.15) is 0 Å². The molecule has 154 valence electrons. The first kappa shape index (κ1) is 20.9. The van der Waals surface area contributed by atoms with Gasteiger partial charge in [-0.3, -0.25) is 0 Å². The first-order valence-electron chi connectivity index (χ1n) is 9.17. The van der Waals surface area contributed by atoms with E-state index >= 15 is 0 Å². The van der Waals surface area contributed by atoms with E-state index in [1.807, 2.05) is 6.07 Å². The largest absolute Gasteiger partial charge is 0.493 e. The number of ether oxygens (including phenoxy) is 2. The molecule has 1 aliphatic heterocycles. The molecular formula is C23H21NO6. The first-order valence-corrected chi connectivity index (χ1v) is 9.17. The Morgan fingerprint density at radius 3 is 2.57 bits per heavy atom. The molecule has 0 fully saturated rings. The van der Waals surface area contributed by atoms with Gasteiger partial charge in [0.25, 0.3) is 0 Å². The summed E-state index contributed by atoms with van der Waals surface area (Å²) in [4.78, 5) is 27.5. The zero-order valence-corrected chi connectivity index (χ0v) is 16.7. The molecule has 1 heterocycles. The summed E-state index contributed by atoms with van der Waals surface area (Å²) >= 11 is 0. The zero-order chi connectivity index (χ0) is 21.7. The summed E-state index contributed by atoms with van der Waals surface area (Å²) in [6.07, 6.45) is 3.96. The van der Waals surface area contributed by atoms with E-state index in [2.05, 4.69) is 11.7 Å². The minimum atomic E-state index is -0.978. The highest BCUT2D eigenvalue weighted by atomic mass is 16.7. The van der Waals surface area contributed by atoms with Crippen molar-refractivity contribution in [3.05, 3.63) is 76.9 Å². The van der Waals surface area contributed by atoms with Gasteiger partial charge in [0.2, 0.25) is 0 Å². The second-order valence-corrected chi connectivity index (χ2v) is 6.61. The van der Waals surface area contributed by atoms with Gasteiger partial charge in [-0.05, 0) is 54.8 Å². The van der Waals surface area contributed by atoms with Crippen LogP contribution in [0.25, 0.3) is 6.08 Å². The molecule has 0 atom stereocenters. The third-order valence-corrected chi connectivity index (χ3v) is 4.51. The summed E-state index contributed by atoms with van der Waals surface area (Å²) in [5, 5.41) is 12.7. The Morgan fingerprint density at radius 1 is 1.27 bits per heavy atom. The molecule has 0 saturated carbocycles. The van der Waals surface area contributed by atoms with Gasteiger partial charge in [0, 0.05) is 5.56 Å². The standard InChI is InChI=1S/C23H21NO6/c1-4-5-18-10-16(11-19-14(2)24-30-23(19)27)12-20(28-3)21(18)29-13-15-6-8-17(9-7-15)22(25)26/h4,6-12H,1,5,13H2,2-3H3,(H,25,26)/b19-11-. The average molecular weight is 407 g/mol. The number of allylic oxidation sites excluding steroid dienone is 1. The molecule has 1 N–H and O–H groups in total. The lowest BCUT2D eigenvalue weighted by Crippen LogP contribution is -2.04. The van der Waals surface area contributed by atoms with Crippen molar-refractivity contribution in [1.29, 1.82) is 0 Å². The number of oxime groups is 1. The Labute approximate surface area is 173 Å². The van der Waals surface area contributed by atoms with Crippen LogP contribution >= 0.6 is 0 Å². The number of benzene rings is 2. The topological polar surface area (TPSA) is 94.4 Å². The van der Waals surface area contributed by atoms with Crippen molar-refractivity contribution in [3.8, 4) is 11.5 Å². The van der Waals surface area contributed by atoms with Crippen LogP contribution in [0.4, 0.5) is 0 Å². The number of aromatic carboxylic acids is 1. The Kier molecular flexibility index (Phi) is 6.32. The lowest BCUT2D eigenvalue weighted by atomic mass is 10.0. The highest BCUT2D eigenvalue weighted by Gasteiger charge is 2.22. The van der Waals surface area contributed by atoms with E-state index in [4.69, 9.17) is 19.4 Å². The monoisotopic (exact) mass is 407 g/mol. The van der Waals surface area contributed by atoms with E-state index in [9.17, 15) is 9.59 Å². The Hall–Kier alpha value is -3.87. The van der Waals surface area contributed by atoms with Gasteiger partial charge in [-0.15, -0.1) is 6.58 Å². The van der Waals surface area contributed by atoms with Gasteiger partial charge >= 0.3 is 11.9 Å². The van der Waals surface area contributed by atoms with Crippen molar-refractivity contribution in [2.45, 2.75) is 20.0 Å². The molecule has 0 unspecified atom stereocenters. The van der Waals surface area contributed by atoms with Crippen LogP contribution in [-0.2, 0) is 22.7 Å². The lowest BCUT2D eigenvalue weighted by molar-refractivity contribution is -0.136. The summed E-state index contributed by atoms with van der Waals surface area (Å²) in [5.74, 6) is -0.416. The van der Waals surface area contributed by atoms with Crippen LogP contribution in [0.15, 0.2) is 59.8 Å². The number of hydrogen-bond acceptors (Lipinski definition) is 6. The summed E-state index contributed by atoms with van der Waals surface area (Å²) in [6.45, 7) is 5.73. The second-order valence-electron chi connectivity index (χ2n) is 6.61. The Morgan fingerprint density at radius 2 is 2.00 bits per heavy atom. The van der Waals surface area contributed by atoms with Crippen LogP contribution in [0.3, 0.4) is 0 Å². The summed E-state index contributed by atoms with van der Waals surface area (Å²) < 4.78 is 11.5. The van der Waals surface area contributed by atoms with Crippen molar-refractivity contribution in [1.82, 2.24) is 0 Å². The van der Waals surface area contributed by atoms with Crippen LogP contribution in [-0.4, -0.2) is 29.9 Å². The van der Waals surface area contributed by atoms with E-state index in [-0.39, 0.29) is 12.2 Å². The van der Waals surface area contributed by atoms with Crippen LogP contribution in [0.2, 0.25) is 0 Å². The molecule has 7 heteroatoms. The summed E-state index contributed by atoms with van der Waals surface area (Å²) in [7, 11) is 1.54. The highest BCUT2D eigenvalue weighted by Crippen LogP contribution is 2.35. The molecule has 7 nitrogen and oxygen atoms in total. The van der Waals surface area contributed by atoms with E-state index in [0.29, 0.717) is 29.2 Å². The lowest BCUT2D eigenvalue weighted by Gasteiger charge is -2.16. The van der Waals surface area contributed by atoms with Crippen LogP contribution < -0.4 is 9.47 Å². The fourth-order valence-electron chi connectivity index (χ4n) is 2.97. The van der Waals surface area contributed by atoms with Gasteiger partial charge in [0.1, 0.15) is 6.61 Å². The third kappa shape index (κ3) is 4.57. The number of carbonyl (C=O) groups excluding carboxylic acids is 1. The van der Waals surface area contributed by atoms with Crippen molar-refractivity contribution < 1.29 is 29.0 Å². The number of carboxylic acids is 1. The Bertz CT molecular complexity index is 1050. The predicted octanol–water partition coefficient (Wildman–Crippen LogP) is 4.02. The maximum atomic E-state index is 11.8. The Balaban J connectivity index is 1.90. The predicted molar refractivity (Wildman–Crippen MR) is 112 cm³/mol. The fraction of sp³-hybridized carbons (Fsp3) is 0.174. The minimum absolute atomic E-state index is 0.213. The van der Waals surface area contributed by atoms with Crippen molar-refractivity contribution in [2.24, 2.45) is 5.16 Å². The maximum Gasteiger partial charge on any atom is 0.367 e. The molecule has 0 spiro atoms. The van der Waals surface area contributed by atoms with Crippen molar-refractivity contribution in [2.75, 3.05) is 7.11 Å². The number of carboxylic acid groups (broad SMARTS) is 1. The smallest absolute Gasteiger partial charge is 0.367 e. The molecule has 0 amide bonds. The fourth-order valence-corrected chi connectivity index (χ4v) is 2.97. The molecule has 0 bridgehead atoms. The van der Waals surface area contributed by atoms with Crippen LogP contribution in [0, 0.1) is 0 Å². The van der Waals surface area contributed by atoms with Gasteiger partial charge in [-0.25, -0.2) is 9.59 Å². The minimum Gasteiger partial charge on any atom is -0.493 e. The van der Waals surface area contributed by atoms with Crippen LogP contribution in [0.5, 0.6) is 11.5 Å². The number of nitrogens with zero attached hydrogens (tertiary/aromatic N) is 1. The molecule has 0 aromatic heterocycles. The SMILES string of the molecule is C=CCc1cc(/C=C2\C(=O)ON=C2C)cc(OC)c1OCc1ccc(C(=O)O)cc1. The van der Waals surface area contributed by atoms with E-state index in [0.717, 1.165) is 16.7 Å².